The molecular weight excluding hydrogens is 217 g/mol. The fourth-order valence-corrected chi connectivity index (χ4v) is 1.79. The highest BCUT2D eigenvalue weighted by atomic mass is 19.1. The minimum atomic E-state index is -0.447. The molecule has 3 heteroatoms. The molecule has 0 aliphatic carbocycles. The standard InChI is InChI=1S/C14H20FNO/c1-9(2)6-13(16)14(17)8-11-7-12(15)5-4-10(11)3/h4-5,7,9,13H,6,8,16H2,1-3H3. The molecular formula is C14H20FNO. The van der Waals surface area contributed by atoms with Crippen molar-refractivity contribution >= 4 is 5.78 Å². The molecule has 1 unspecified atom stereocenters. The SMILES string of the molecule is Cc1ccc(F)cc1CC(=O)C(N)CC(C)C. The lowest BCUT2D eigenvalue weighted by Crippen LogP contribution is -2.33. The third kappa shape index (κ3) is 4.27. The number of aryl methyl sites for hydroxylation is 1. The first-order chi connectivity index (χ1) is 7.90. The monoisotopic (exact) mass is 237 g/mol. The van der Waals surface area contributed by atoms with Gasteiger partial charge in [0.25, 0.3) is 0 Å². The highest BCUT2D eigenvalue weighted by Crippen LogP contribution is 2.13. The van der Waals surface area contributed by atoms with Crippen molar-refractivity contribution in [3.05, 3.63) is 35.1 Å². The molecule has 0 saturated heterocycles. The zero-order valence-electron chi connectivity index (χ0n) is 10.7. The molecule has 0 fully saturated rings. The van der Waals surface area contributed by atoms with Gasteiger partial charge < -0.3 is 5.73 Å². The maximum atomic E-state index is 13.1. The van der Waals surface area contributed by atoms with Crippen LogP contribution in [0.1, 0.15) is 31.4 Å². The van der Waals surface area contributed by atoms with Crippen LogP contribution in [0.4, 0.5) is 4.39 Å². The number of benzene rings is 1. The lowest BCUT2D eigenvalue weighted by molar-refractivity contribution is -0.120. The van der Waals surface area contributed by atoms with E-state index in [9.17, 15) is 9.18 Å². The summed E-state index contributed by atoms with van der Waals surface area (Å²) in [6.45, 7) is 5.93. The summed E-state index contributed by atoms with van der Waals surface area (Å²) in [6.07, 6.45) is 0.894. The number of hydrogen-bond acceptors (Lipinski definition) is 2. The highest BCUT2D eigenvalue weighted by Gasteiger charge is 2.16. The van der Waals surface area contributed by atoms with E-state index in [1.165, 1.54) is 12.1 Å². The summed E-state index contributed by atoms with van der Waals surface area (Å²) < 4.78 is 13.1. The third-order valence-electron chi connectivity index (χ3n) is 2.81. The largest absolute Gasteiger partial charge is 0.321 e. The molecule has 2 nitrogen and oxygen atoms in total. The number of rotatable bonds is 5. The second-order valence-electron chi connectivity index (χ2n) is 4.95. The maximum Gasteiger partial charge on any atom is 0.153 e. The normalized spacial score (nSPS) is 12.8. The van der Waals surface area contributed by atoms with Gasteiger partial charge in [-0.1, -0.05) is 19.9 Å². The molecule has 1 atom stereocenters. The first-order valence-corrected chi connectivity index (χ1v) is 5.93. The number of carbonyl (C=O) groups is 1. The van der Waals surface area contributed by atoms with Crippen molar-refractivity contribution in [3.8, 4) is 0 Å². The molecule has 94 valence electrons. The highest BCUT2D eigenvalue weighted by molar-refractivity contribution is 5.86. The minimum absolute atomic E-state index is 0.0209. The summed E-state index contributed by atoms with van der Waals surface area (Å²) in [4.78, 5) is 11.9. The summed E-state index contributed by atoms with van der Waals surface area (Å²) in [7, 11) is 0. The average molecular weight is 237 g/mol. The fourth-order valence-electron chi connectivity index (χ4n) is 1.79. The number of Topliss-reactive ketones (excluding diaryl/α,β-unsaturated/α-hetero) is 1. The Morgan fingerprint density at radius 3 is 2.65 bits per heavy atom. The van der Waals surface area contributed by atoms with E-state index in [0.717, 1.165) is 11.1 Å². The predicted molar refractivity (Wildman–Crippen MR) is 67.3 cm³/mol. The van der Waals surface area contributed by atoms with Crippen LogP contribution >= 0.6 is 0 Å². The summed E-state index contributed by atoms with van der Waals surface area (Å²) in [5.74, 6) is 0.0609. The van der Waals surface area contributed by atoms with Crippen LogP contribution in [0, 0.1) is 18.7 Å². The molecule has 0 spiro atoms. The number of halogens is 1. The van der Waals surface area contributed by atoms with Crippen LogP contribution in [0.25, 0.3) is 0 Å². The molecule has 0 bridgehead atoms. The quantitative estimate of drug-likeness (QED) is 0.855. The molecule has 0 aliphatic heterocycles. The average Bonchev–Trinajstić information content (AvgIpc) is 2.22. The molecule has 0 aliphatic rings. The smallest absolute Gasteiger partial charge is 0.153 e. The Morgan fingerprint density at radius 2 is 2.06 bits per heavy atom. The van der Waals surface area contributed by atoms with Gasteiger partial charge in [-0.2, -0.15) is 0 Å². The van der Waals surface area contributed by atoms with Crippen molar-refractivity contribution in [1.82, 2.24) is 0 Å². The van der Waals surface area contributed by atoms with Crippen molar-refractivity contribution in [1.29, 1.82) is 0 Å². The maximum absolute atomic E-state index is 13.1. The Balaban J connectivity index is 2.70. The lowest BCUT2D eigenvalue weighted by Gasteiger charge is -2.13. The molecule has 2 N–H and O–H groups in total. The van der Waals surface area contributed by atoms with E-state index in [0.29, 0.717) is 12.3 Å². The number of hydrogen-bond donors (Lipinski definition) is 1. The van der Waals surface area contributed by atoms with Gasteiger partial charge in [0.2, 0.25) is 0 Å². The van der Waals surface area contributed by atoms with Crippen LogP contribution < -0.4 is 5.73 Å². The molecule has 0 aromatic heterocycles. The first-order valence-electron chi connectivity index (χ1n) is 5.93. The molecule has 17 heavy (non-hydrogen) atoms. The Bertz CT molecular complexity index is 401. The molecule has 0 amide bonds. The fraction of sp³-hybridized carbons (Fsp3) is 0.500. The van der Waals surface area contributed by atoms with Crippen molar-refractivity contribution in [2.24, 2.45) is 11.7 Å². The summed E-state index contributed by atoms with van der Waals surface area (Å²) >= 11 is 0. The zero-order valence-corrected chi connectivity index (χ0v) is 10.7. The van der Waals surface area contributed by atoms with Gasteiger partial charge in [-0.05, 0) is 42.5 Å². The van der Waals surface area contributed by atoms with Gasteiger partial charge in [0.1, 0.15) is 5.82 Å². The van der Waals surface area contributed by atoms with Gasteiger partial charge in [0.15, 0.2) is 5.78 Å². The molecule has 0 saturated carbocycles. The lowest BCUT2D eigenvalue weighted by atomic mass is 9.95. The molecule has 0 heterocycles. The summed E-state index contributed by atoms with van der Waals surface area (Å²) in [6, 6.07) is 4.05. The van der Waals surface area contributed by atoms with Gasteiger partial charge in [0, 0.05) is 6.42 Å². The van der Waals surface area contributed by atoms with E-state index >= 15 is 0 Å². The number of carbonyl (C=O) groups excluding carboxylic acids is 1. The van der Waals surface area contributed by atoms with E-state index in [1.54, 1.807) is 6.07 Å². The van der Waals surface area contributed by atoms with Gasteiger partial charge in [0.05, 0.1) is 6.04 Å². The van der Waals surface area contributed by atoms with Crippen LogP contribution in [0.15, 0.2) is 18.2 Å². The van der Waals surface area contributed by atoms with Gasteiger partial charge in [-0.3, -0.25) is 4.79 Å². The van der Waals surface area contributed by atoms with E-state index < -0.39 is 6.04 Å². The van der Waals surface area contributed by atoms with Crippen molar-refractivity contribution < 1.29 is 9.18 Å². The van der Waals surface area contributed by atoms with Crippen molar-refractivity contribution in [2.75, 3.05) is 0 Å². The van der Waals surface area contributed by atoms with Crippen molar-refractivity contribution in [3.63, 3.8) is 0 Å². The first kappa shape index (κ1) is 13.8. The number of nitrogens with two attached hydrogens (primary N) is 1. The molecule has 1 aromatic carbocycles. The second-order valence-corrected chi connectivity index (χ2v) is 4.95. The predicted octanol–water partition coefficient (Wildman–Crippen LogP) is 2.62. The summed E-state index contributed by atoms with van der Waals surface area (Å²) in [5, 5.41) is 0. The number of ketones is 1. The van der Waals surface area contributed by atoms with Crippen LogP contribution in [0.5, 0.6) is 0 Å². The van der Waals surface area contributed by atoms with E-state index in [-0.39, 0.29) is 18.0 Å². The second kappa shape index (κ2) is 5.92. The summed E-state index contributed by atoms with van der Waals surface area (Å²) in [5.41, 5.74) is 7.47. The topological polar surface area (TPSA) is 43.1 Å². The van der Waals surface area contributed by atoms with E-state index in [1.807, 2.05) is 20.8 Å². The van der Waals surface area contributed by atoms with Crippen molar-refractivity contribution in [2.45, 2.75) is 39.7 Å². The third-order valence-corrected chi connectivity index (χ3v) is 2.81. The van der Waals surface area contributed by atoms with Crippen LogP contribution in [-0.2, 0) is 11.2 Å². The van der Waals surface area contributed by atoms with Gasteiger partial charge in [-0.25, -0.2) is 4.39 Å². The Morgan fingerprint density at radius 1 is 1.41 bits per heavy atom. The van der Waals surface area contributed by atoms with E-state index in [4.69, 9.17) is 5.73 Å². The molecule has 1 aromatic rings. The minimum Gasteiger partial charge on any atom is -0.321 e. The van der Waals surface area contributed by atoms with E-state index in [2.05, 4.69) is 0 Å². The molecule has 1 rings (SSSR count). The Hall–Kier alpha value is -1.22. The van der Waals surface area contributed by atoms with Crippen LogP contribution in [0.3, 0.4) is 0 Å². The van der Waals surface area contributed by atoms with Gasteiger partial charge >= 0.3 is 0 Å². The van der Waals surface area contributed by atoms with Crippen LogP contribution in [0.2, 0.25) is 0 Å². The van der Waals surface area contributed by atoms with Crippen LogP contribution in [-0.4, -0.2) is 11.8 Å². The Kier molecular flexibility index (Phi) is 4.82. The Labute approximate surface area is 102 Å². The molecule has 0 radical (unpaired) electrons. The zero-order chi connectivity index (χ0) is 13.0. The van der Waals surface area contributed by atoms with Gasteiger partial charge in [-0.15, -0.1) is 0 Å².